The van der Waals surface area contributed by atoms with E-state index in [1.165, 1.54) is 16.7 Å². The Kier molecular flexibility index (Phi) is 4.20. The van der Waals surface area contributed by atoms with Crippen molar-refractivity contribution < 1.29 is 25.3 Å². The van der Waals surface area contributed by atoms with Gasteiger partial charge >= 0.3 is 0 Å². The summed E-state index contributed by atoms with van der Waals surface area (Å²) in [6, 6.07) is 6.54. The molecule has 2 aliphatic rings. The highest BCUT2D eigenvalue weighted by molar-refractivity contribution is 7.91. The van der Waals surface area contributed by atoms with E-state index in [1.54, 1.807) is 0 Å². The first-order valence-corrected chi connectivity index (χ1v) is 9.21. The van der Waals surface area contributed by atoms with E-state index in [-0.39, 0.29) is 17.9 Å². The van der Waals surface area contributed by atoms with Crippen LogP contribution in [0.4, 0.5) is 0 Å². The Balaban J connectivity index is 0.00000161. The first-order valence-electron chi connectivity index (χ1n) is 7.39. The van der Waals surface area contributed by atoms with Crippen molar-refractivity contribution >= 4 is 9.84 Å². The van der Waals surface area contributed by atoms with E-state index in [9.17, 15) is 8.42 Å². The van der Waals surface area contributed by atoms with Gasteiger partial charge in [0.25, 0.3) is 0 Å². The number of benzene rings is 1. The van der Waals surface area contributed by atoms with Crippen LogP contribution >= 0.6 is 0 Å². The third-order valence-corrected chi connectivity index (χ3v) is 7.14. The SMILES string of the molecule is Cc1cccc2c1CC(C)(C)[N+]1(CCS(=O)(=O)CC1)C2.[Cl-]. The minimum atomic E-state index is -2.81. The molecule has 2 aliphatic heterocycles. The number of nitrogens with zero attached hydrogens (tertiary/aromatic N) is 1. The second-order valence-corrected chi connectivity index (χ2v) is 9.41. The van der Waals surface area contributed by atoms with Crippen molar-refractivity contribution in [2.45, 2.75) is 39.3 Å². The number of hydrogen-bond donors (Lipinski definition) is 0. The Morgan fingerprint density at radius 3 is 2.38 bits per heavy atom. The highest BCUT2D eigenvalue weighted by Crippen LogP contribution is 2.40. The maximum Gasteiger partial charge on any atom is 0.161 e. The van der Waals surface area contributed by atoms with Crippen LogP contribution in [0, 0.1) is 6.92 Å². The predicted molar refractivity (Wildman–Crippen MR) is 81.3 cm³/mol. The van der Waals surface area contributed by atoms with Crippen molar-refractivity contribution in [2.24, 2.45) is 0 Å². The fraction of sp³-hybridized carbons (Fsp3) is 0.625. The Labute approximate surface area is 134 Å². The predicted octanol–water partition coefficient (Wildman–Crippen LogP) is -0.921. The van der Waals surface area contributed by atoms with E-state index in [0.717, 1.165) is 30.5 Å². The molecule has 21 heavy (non-hydrogen) atoms. The first kappa shape index (κ1) is 16.8. The van der Waals surface area contributed by atoms with Gasteiger partial charge in [-0.15, -0.1) is 0 Å². The van der Waals surface area contributed by atoms with Gasteiger partial charge in [0.05, 0.1) is 30.1 Å². The molecule has 1 fully saturated rings. The van der Waals surface area contributed by atoms with Crippen LogP contribution in [0.15, 0.2) is 18.2 Å². The number of sulfone groups is 1. The van der Waals surface area contributed by atoms with E-state index in [4.69, 9.17) is 0 Å². The van der Waals surface area contributed by atoms with E-state index >= 15 is 0 Å². The quantitative estimate of drug-likeness (QED) is 0.577. The number of fused-ring (bicyclic) bond motifs is 1. The van der Waals surface area contributed by atoms with Gasteiger partial charge in [0.1, 0.15) is 6.54 Å². The summed E-state index contributed by atoms with van der Waals surface area (Å²) in [5, 5.41) is 0. The zero-order chi connectivity index (χ0) is 14.6. The van der Waals surface area contributed by atoms with Gasteiger partial charge in [-0.1, -0.05) is 18.2 Å². The molecule has 3 nitrogen and oxygen atoms in total. The molecule has 5 heteroatoms. The van der Waals surface area contributed by atoms with Gasteiger partial charge in [0, 0.05) is 12.0 Å². The molecule has 2 heterocycles. The fourth-order valence-corrected chi connectivity index (χ4v) is 5.37. The molecular formula is C16H24ClNO2S. The van der Waals surface area contributed by atoms with Gasteiger partial charge in [-0.05, 0) is 31.9 Å². The number of aryl methyl sites for hydroxylation is 1. The van der Waals surface area contributed by atoms with Crippen molar-refractivity contribution in [1.82, 2.24) is 0 Å². The molecule has 0 bridgehead atoms. The number of hydrogen-bond acceptors (Lipinski definition) is 2. The molecule has 0 aromatic heterocycles. The molecule has 1 aromatic rings. The van der Waals surface area contributed by atoms with Gasteiger partial charge in [-0.2, -0.15) is 0 Å². The minimum Gasteiger partial charge on any atom is -1.00 e. The van der Waals surface area contributed by atoms with Crippen molar-refractivity contribution in [3.63, 3.8) is 0 Å². The summed E-state index contributed by atoms with van der Waals surface area (Å²) in [6.45, 7) is 9.32. The Hall–Kier alpha value is -0.580. The van der Waals surface area contributed by atoms with Gasteiger partial charge in [-0.3, -0.25) is 0 Å². The molecule has 0 radical (unpaired) electrons. The zero-order valence-electron chi connectivity index (χ0n) is 13.0. The van der Waals surface area contributed by atoms with Gasteiger partial charge in [-0.25, -0.2) is 8.42 Å². The number of halogens is 1. The molecule has 0 atom stereocenters. The summed E-state index contributed by atoms with van der Waals surface area (Å²) in [5.41, 5.74) is 4.39. The maximum atomic E-state index is 11.8. The molecule has 1 aromatic carbocycles. The molecule has 1 saturated heterocycles. The van der Waals surface area contributed by atoms with Gasteiger partial charge in [0.2, 0.25) is 0 Å². The largest absolute Gasteiger partial charge is 1.00 e. The third kappa shape index (κ3) is 2.73. The minimum absolute atomic E-state index is 0. The average molecular weight is 330 g/mol. The first-order chi connectivity index (χ1) is 9.25. The van der Waals surface area contributed by atoms with Crippen LogP contribution in [0.2, 0.25) is 0 Å². The lowest BCUT2D eigenvalue weighted by atomic mass is 9.81. The van der Waals surface area contributed by atoms with E-state index in [1.807, 2.05) is 0 Å². The lowest BCUT2D eigenvalue weighted by Gasteiger charge is -2.55. The fourth-order valence-electron chi connectivity index (χ4n) is 3.91. The van der Waals surface area contributed by atoms with Gasteiger partial charge < -0.3 is 16.9 Å². The lowest BCUT2D eigenvalue weighted by Crippen LogP contribution is -3.00. The van der Waals surface area contributed by atoms with Crippen molar-refractivity contribution in [3.8, 4) is 0 Å². The summed E-state index contributed by atoms with van der Waals surface area (Å²) in [4.78, 5) is 0. The Morgan fingerprint density at radius 2 is 1.76 bits per heavy atom. The van der Waals surface area contributed by atoms with Crippen molar-refractivity contribution in [1.29, 1.82) is 0 Å². The molecule has 0 N–H and O–H groups in total. The highest BCUT2D eigenvalue weighted by Gasteiger charge is 2.50. The standard InChI is InChI=1S/C16H24NO2S.ClH/c1-13-5-4-6-14-12-17(16(2,3)11-15(13)14)7-9-20(18,19)10-8-17;/h4-6H,7-12H2,1-3H3;1H/q+1;/p-1. The molecule has 3 rings (SSSR count). The van der Waals surface area contributed by atoms with Crippen LogP contribution in [-0.4, -0.2) is 43.0 Å². The summed E-state index contributed by atoms with van der Waals surface area (Å²) in [7, 11) is -2.81. The smallest absolute Gasteiger partial charge is 0.161 e. The van der Waals surface area contributed by atoms with Crippen LogP contribution < -0.4 is 12.4 Å². The molecule has 0 aliphatic carbocycles. The maximum absolute atomic E-state index is 11.8. The number of quaternary nitrogens is 1. The normalized spacial score (nSPS) is 24.9. The molecule has 118 valence electrons. The van der Waals surface area contributed by atoms with Crippen LogP contribution in [0.25, 0.3) is 0 Å². The van der Waals surface area contributed by atoms with Crippen molar-refractivity contribution in [2.75, 3.05) is 24.6 Å². The summed E-state index contributed by atoms with van der Waals surface area (Å²) in [5.74, 6) is 0.690. The summed E-state index contributed by atoms with van der Waals surface area (Å²) in [6.07, 6.45) is 1.05. The van der Waals surface area contributed by atoms with Crippen LogP contribution in [0.1, 0.15) is 30.5 Å². The second kappa shape index (κ2) is 5.25. The lowest BCUT2D eigenvalue weighted by molar-refractivity contribution is -0.984. The monoisotopic (exact) mass is 329 g/mol. The van der Waals surface area contributed by atoms with E-state index < -0.39 is 9.84 Å². The summed E-state index contributed by atoms with van der Waals surface area (Å²) >= 11 is 0. The molecular weight excluding hydrogens is 306 g/mol. The highest BCUT2D eigenvalue weighted by atomic mass is 35.5. The van der Waals surface area contributed by atoms with Crippen LogP contribution in [0.3, 0.4) is 0 Å². The zero-order valence-corrected chi connectivity index (χ0v) is 14.6. The van der Waals surface area contributed by atoms with E-state index in [0.29, 0.717) is 11.5 Å². The third-order valence-electron chi connectivity index (χ3n) is 5.53. The molecule has 0 saturated carbocycles. The average Bonchev–Trinajstić information content (AvgIpc) is 2.35. The molecule has 0 amide bonds. The molecule has 1 spiro atoms. The van der Waals surface area contributed by atoms with Crippen LogP contribution in [-0.2, 0) is 22.8 Å². The Morgan fingerprint density at radius 1 is 1.14 bits per heavy atom. The van der Waals surface area contributed by atoms with E-state index in [2.05, 4.69) is 39.0 Å². The molecule has 0 unspecified atom stereocenters. The Bertz CT molecular complexity index is 638. The van der Waals surface area contributed by atoms with Crippen LogP contribution in [0.5, 0.6) is 0 Å². The summed E-state index contributed by atoms with van der Waals surface area (Å²) < 4.78 is 24.5. The van der Waals surface area contributed by atoms with Gasteiger partial charge in [0.15, 0.2) is 9.84 Å². The second-order valence-electron chi connectivity index (χ2n) is 7.10. The number of rotatable bonds is 0. The van der Waals surface area contributed by atoms with Crippen molar-refractivity contribution in [3.05, 3.63) is 34.9 Å². The topological polar surface area (TPSA) is 34.1 Å².